The van der Waals surface area contributed by atoms with E-state index in [1.54, 1.807) is 18.5 Å². The van der Waals surface area contributed by atoms with E-state index < -0.39 is 0 Å². The fourth-order valence-electron chi connectivity index (χ4n) is 3.45. The number of carbonyl (C=O) groups excluding carboxylic acids is 2. The van der Waals surface area contributed by atoms with Crippen molar-refractivity contribution in [2.45, 2.75) is 12.5 Å². The predicted octanol–water partition coefficient (Wildman–Crippen LogP) is 1.54. The molecule has 0 N–H and O–H groups in total. The van der Waals surface area contributed by atoms with Gasteiger partial charge >= 0.3 is 0 Å². The molecule has 0 radical (unpaired) electrons. The fraction of sp³-hybridized carbons (Fsp3) is 0.333. The van der Waals surface area contributed by atoms with Gasteiger partial charge in [-0.05, 0) is 52.9 Å². The van der Waals surface area contributed by atoms with Crippen LogP contribution in [0.3, 0.4) is 0 Å². The van der Waals surface area contributed by atoms with Gasteiger partial charge in [-0.2, -0.15) is 0 Å². The summed E-state index contributed by atoms with van der Waals surface area (Å²) in [5.41, 5.74) is 0.652. The number of aromatic nitrogens is 2. The maximum Gasteiger partial charge on any atom is 0.251 e. The highest BCUT2D eigenvalue weighted by atomic mass is 127. The Hall–Kier alpha value is -2.07. The molecule has 1 aromatic heterocycles. The van der Waals surface area contributed by atoms with Gasteiger partial charge in [0.25, 0.3) is 5.91 Å². The van der Waals surface area contributed by atoms with E-state index in [0.717, 1.165) is 16.7 Å². The van der Waals surface area contributed by atoms with Gasteiger partial charge in [0.2, 0.25) is 11.9 Å². The average Bonchev–Trinajstić information content (AvgIpc) is 2.98. The van der Waals surface area contributed by atoms with Crippen LogP contribution in [0, 0.1) is 3.57 Å². The molecule has 0 saturated carbocycles. The number of halogens is 1. The van der Waals surface area contributed by atoms with Gasteiger partial charge in [0.15, 0.2) is 0 Å². The lowest BCUT2D eigenvalue weighted by Gasteiger charge is -2.36. The third kappa shape index (κ3) is 3.30. The molecule has 0 unspecified atom stereocenters. The lowest BCUT2D eigenvalue weighted by molar-refractivity contribution is -0.123. The Bertz CT molecular complexity index is 806. The van der Waals surface area contributed by atoms with Crippen molar-refractivity contribution < 1.29 is 9.59 Å². The second-order valence-electron chi connectivity index (χ2n) is 6.34. The summed E-state index contributed by atoms with van der Waals surface area (Å²) in [5.74, 6) is 0.456. The molecule has 3 heterocycles. The zero-order valence-corrected chi connectivity index (χ0v) is 16.2. The van der Waals surface area contributed by atoms with Gasteiger partial charge in [0, 0.05) is 42.1 Å². The monoisotopic (exact) mass is 463 g/mol. The summed E-state index contributed by atoms with van der Waals surface area (Å²) < 4.78 is 1.07. The number of piperazine rings is 1. The number of hydrogen-bond donors (Lipinski definition) is 0. The first-order chi connectivity index (χ1) is 12.6. The first kappa shape index (κ1) is 17.3. The van der Waals surface area contributed by atoms with Gasteiger partial charge in [-0.25, -0.2) is 14.9 Å². The van der Waals surface area contributed by atoms with Crippen molar-refractivity contribution in [2.24, 2.45) is 0 Å². The molecule has 0 aliphatic carbocycles. The van der Waals surface area contributed by atoms with E-state index in [-0.39, 0.29) is 24.3 Å². The van der Waals surface area contributed by atoms with Crippen molar-refractivity contribution in [1.29, 1.82) is 0 Å². The Morgan fingerprint density at radius 3 is 2.27 bits per heavy atom. The largest absolute Gasteiger partial charge is 0.338 e. The summed E-state index contributed by atoms with van der Waals surface area (Å²) in [6.45, 7) is 2.90. The van der Waals surface area contributed by atoms with Crippen LogP contribution in [0.5, 0.6) is 0 Å². The molecule has 4 rings (SSSR count). The van der Waals surface area contributed by atoms with Crippen LogP contribution < -0.4 is 9.80 Å². The first-order valence-corrected chi connectivity index (χ1v) is 9.60. The van der Waals surface area contributed by atoms with Gasteiger partial charge in [0.05, 0.1) is 18.2 Å². The minimum atomic E-state index is -0.374. The van der Waals surface area contributed by atoms with Gasteiger partial charge in [-0.3, -0.25) is 14.5 Å². The second kappa shape index (κ2) is 7.28. The minimum absolute atomic E-state index is 0.124. The van der Waals surface area contributed by atoms with E-state index in [9.17, 15) is 9.59 Å². The molecule has 0 bridgehead atoms. The molecule has 134 valence electrons. The molecule has 2 fully saturated rings. The van der Waals surface area contributed by atoms with E-state index in [1.807, 2.05) is 24.3 Å². The number of hydrogen-bond acceptors (Lipinski definition) is 6. The zero-order valence-electron chi connectivity index (χ0n) is 14.1. The Morgan fingerprint density at radius 1 is 0.962 bits per heavy atom. The summed E-state index contributed by atoms with van der Waals surface area (Å²) in [7, 11) is 0. The molecule has 1 aromatic carbocycles. The standard InChI is InChI=1S/C18H18IN5O2/c19-13-2-4-14(5-3-13)24-16(25)12-15(17(24)26)22-8-10-23(11-9-22)18-20-6-1-7-21-18/h1-7,15H,8-12H2/t15-/m0/s1. The highest BCUT2D eigenvalue weighted by Gasteiger charge is 2.43. The van der Waals surface area contributed by atoms with E-state index in [0.29, 0.717) is 24.7 Å². The van der Waals surface area contributed by atoms with Crippen LogP contribution in [-0.4, -0.2) is 58.9 Å². The number of rotatable bonds is 3. The summed E-state index contributed by atoms with van der Waals surface area (Å²) >= 11 is 2.20. The average molecular weight is 463 g/mol. The first-order valence-electron chi connectivity index (χ1n) is 8.52. The SMILES string of the molecule is O=C1C[C@H](N2CCN(c3ncccn3)CC2)C(=O)N1c1ccc(I)cc1. The molecule has 0 spiro atoms. The second-order valence-corrected chi connectivity index (χ2v) is 7.58. The maximum atomic E-state index is 12.9. The van der Waals surface area contributed by atoms with Gasteiger partial charge in [0.1, 0.15) is 0 Å². The van der Waals surface area contributed by atoms with Gasteiger partial charge in [-0.1, -0.05) is 0 Å². The maximum absolute atomic E-state index is 12.9. The summed E-state index contributed by atoms with van der Waals surface area (Å²) in [4.78, 5) is 39.4. The van der Waals surface area contributed by atoms with E-state index in [2.05, 4.69) is 42.4 Å². The molecule has 2 saturated heterocycles. The number of carbonyl (C=O) groups is 2. The highest BCUT2D eigenvalue weighted by molar-refractivity contribution is 14.1. The third-order valence-electron chi connectivity index (χ3n) is 4.80. The summed E-state index contributed by atoms with van der Waals surface area (Å²) in [5, 5.41) is 0. The molecule has 1 atom stereocenters. The van der Waals surface area contributed by atoms with Crippen molar-refractivity contribution in [3.63, 3.8) is 0 Å². The third-order valence-corrected chi connectivity index (χ3v) is 5.52. The Labute approximate surface area is 165 Å². The normalized spacial score (nSPS) is 21.5. The molecule has 2 aliphatic rings. The van der Waals surface area contributed by atoms with E-state index in [4.69, 9.17) is 0 Å². The van der Waals surface area contributed by atoms with Crippen molar-refractivity contribution >= 4 is 46.0 Å². The van der Waals surface area contributed by atoms with Crippen LogP contribution in [-0.2, 0) is 9.59 Å². The van der Waals surface area contributed by atoms with Crippen molar-refractivity contribution in [2.75, 3.05) is 36.0 Å². The number of nitrogens with zero attached hydrogens (tertiary/aromatic N) is 5. The smallest absolute Gasteiger partial charge is 0.251 e. The molecule has 2 amide bonds. The number of anilines is 2. The number of imide groups is 1. The Balaban J connectivity index is 1.44. The van der Waals surface area contributed by atoms with Crippen molar-refractivity contribution in [3.05, 3.63) is 46.3 Å². The number of benzene rings is 1. The number of amides is 2. The fourth-order valence-corrected chi connectivity index (χ4v) is 3.81. The molecular weight excluding hydrogens is 445 g/mol. The quantitative estimate of drug-likeness (QED) is 0.508. The van der Waals surface area contributed by atoms with Gasteiger partial charge in [-0.15, -0.1) is 0 Å². The zero-order chi connectivity index (χ0) is 18.1. The van der Waals surface area contributed by atoms with E-state index >= 15 is 0 Å². The van der Waals surface area contributed by atoms with E-state index in [1.165, 1.54) is 4.90 Å². The van der Waals surface area contributed by atoms with Crippen molar-refractivity contribution in [1.82, 2.24) is 14.9 Å². The predicted molar refractivity (Wildman–Crippen MR) is 106 cm³/mol. The van der Waals surface area contributed by atoms with Crippen LogP contribution in [0.15, 0.2) is 42.7 Å². The lowest BCUT2D eigenvalue weighted by atomic mass is 10.2. The molecule has 7 nitrogen and oxygen atoms in total. The molecular formula is C18H18IN5O2. The minimum Gasteiger partial charge on any atom is -0.338 e. The summed E-state index contributed by atoms with van der Waals surface area (Å²) in [6, 6.07) is 8.88. The molecule has 8 heteroatoms. The van der Waals surface area contributed by atoms with Crippen LogP contribution in [0.2, 0.25) is 0 Å². The van der Waals surface area contributed by atoms with Crippen LogP contribution in [0.1, 0.15) is 6.42 Å². The Morgan fingerprint density at radius 2 is 1.62 bits per heavy atom. The molecule has 26 heavy (non-hydrogen) atoms. The summed E-state index contributed by atoms with van der Waals surface area (Å²) in [6.07, 6.45) is 3.70. The van der Waals surface area contributed by atoms with Crippen molar-refractivity contribution in [3.8, 4) is 0 Å². The van der Waals surface area contributed by atoms with Crippen LogP contribution >= 0.6 is 22.6 Å². The molecule has 2 aromatic rings. The Kier molecular flexibility index (Phi) is 4.86. The molecule has 2 aliphatic heterocycles. The van der Waals surface area contributed by atoms with Gasteiger partial charge < -0.3 is 4.90 Å². The highest BCUT2D eigenvalue weighted by Crippen LogP contribution is 2.27. The lowest BCUT2D eigenvalue weighted by Crippen LogP contribution is -2.53. The topological polar surface area (TPSA) is 69.6 Å². The van der Waals surface area contributed by atoms with Crippen LogP contribution in [0.4, 0.5) is 11.6 Å². The van der Waals surface area contributed by atoms with Crippen LogP contribution in [0.25, 0.3) is 0 Å².